The summed E-state index contributed by atoms with van der Waals surface area (Å²) >= 11 is 3.36. The van der Waals surface area contributed by atoms with Gasteiger partial charge in [0.15, 0.2) is 0 Å². The minimum atomic E-state index is 0.770. The summed E-state index contributed by atoms with van der Waals surface area (Å²) in [4.78, 5) is 0. The van der Waals surface area contributed by atoms with Gasteiger partial charge in [0.1, 0.15) is 11.3 Å². The average molecular weight is 263 g/mol. The van der Waals surface area contributed by atoms with Crippen LogP contribution >= 0.6 is 15.9 Å². The fraction of sp³-hybridized carbons (Fsp3) is 0.0769. The van der Waals surface area contributed by atoms with Crippen molar-refractivity contribution < 1.29 is 4.42 Å². The third kappa shape index (κ3) is 1.77. The number of halogens is 1. The third-order valence-corrected chi connectivity index (χ3v) is 2.57. The zero-order valence-electron chi connectivity index (χ0n) is 8.46. The average Bonchev–Trinajstić information content (AvgIpc) is 2.58. The van der Waals surface area contributed by atoms with Gasteiger partial charge >= 0.3 is 0 Å². The van der Waals surface area contributed by atoms with Crippen molar-refractivity contribution in [1.82, 2.24) is 0 Å². The molecule has 0 radical (unpaired) electrons. The molecule has 15 heavy (non-hydrogen) atoms. The molecule has 0 spiro atoms. The highest BCUT2D eigenvalue weighted by Gasteiger charge is 2.12. The minimum absolute atomic E-state index is 0.770. The summed E-state index contributed by atoms with van der Waals surface area (Å²) in [5.41, 5.74) is 1.97. The van der Waals surface area contributed by atoms with E-state index in [1.165, 1.54) is 0 Å². The lowest BCUT2D eigenvalue weighted by atomic mass is 10.1. The van der Waals surface area contributed by atoms with Gasteiger partial charge in [0.2, 0.25) is 0 Å². The normalized spacial score (nSPS) is 11.3. The van der Waals surface area contributed by atoms with Crippen LogP contribution in [0.1, 0.15) is 18.2 Å². The van der Waals surface area contributed by atoms with Crippen molar-refractivity contribution in [2.24, 2.45) is 0 Å². The Labute approximate surface area is 97.2 Å². The number of para-hydroxylation sites is 1. The second kappa shape index (κ2) is 4.07. The van der Waals surface area contributed by atoms with Gasteiger partial charge in [-0.15, -0.1) is 0 Å². The van der Waals surface area contributed by atoms with Crippen molar-refractivity contribution >= 4 is 37.5 Å². The van der Waals surface area contributed by atoms with E-state index in [-0.39, 0.29) is 0 Å². The maximum atomic E-state index is 5.72. The van der Waals surface area contributed by atoms with Crippen LogP contribution in [-0.2, 0) is 0 Å². The van der Waals surface area contributed by atoms with Crippen molar-refractivity contribution in [2.45, 2.75) is 6.92 Å². The summed E-state index contributed by atoms with van der Waals surface area (Å²) in [5.74, 6) is 0.800. The Morgan fingerprint density at radius 3 is 2.80 bits per heavy atom. The number of allylic oxidation sites excluding steroid dienone is 1. The minimum Gasteiger partial charge on any atom is -0.455 e. The number of fused-ring (bicyclic) bond motifs is 1. The predicted octanol–water partition coefficient (Wildman–Crippen LogP) is 4.83. The van der Waals surface area contributed by atoms with E-state index in [1.54, 1.807) is 0 Å². The lowest BCUT2D eigenvalue weighted by Crippen LogP contribution is -1.74. The maximum absolute atomic E-state index is 5.72. The molecule has 0 amide bonds. The first-order valence-electron chi connectivity index (χ1n) is 4.73. The van der Waals surface area contributed by atoms with Crippen LogP contribution in [0.15, 0.2) is 41.3 Å². The molecule has 0 saturated carbocycles. The summed E-state index contributed by atoms with van der Waals surface area (Å²) in [6.07, 6.45) is 4.03. The van der Waals surface area contributed by atoms with Gasteiger partial charge in [-0.3, -0.25) is 0 Å². The van der Waals surface area contributed by atoms with Crippen molar-refractivity contribution in [3.63, 3.8) is 0 Å². The smallest absolute Gasteiger partial charge is 0.148 e. The molecule has 2 heteroatoms. The molecule has 0 aliphatic heterocycles. The Kier molecular flexibility index (Phi) is 2.78. The van der Waals surface area contributed by atoms with Gasteiger partial charge in [-0.2, -0.15) is 0 Å². The quantitative estimate of drug-likeness (QED) is 0.756. The Hall–Kier alpha value is -1.28. The topological polar surface area (TPSA) is 13.1 Å². The molecule has 1 heterocycles. The lowest BCUT2D eigenvalue weighted by molar-refractivity contribution is 0.602. The molecule has 1 aromatic carbocycles. The Morgan fingerprint density at radius 2 is 2.13 bits per heavy atom. The van der Waals surface area contributed by atoms with E-state index in [9.17, 15) is 0 Å². The van der Waals surface area contributed by atoms with Gasteiger partial charge < -0.3 is 4.42 Å². The molecule has 0 aliphatic rings. The van der Waals surface area contributed by atoms with Gasteiger partial charge in [-0.05, 0) is 28.9 Å². The molecule has 76 valence electrons. The van der Waals surface area contributed by atoms with Crippen LogP contribution in [0.5, 0.6) is 0 Å². The molecule has 2 aromatic rings. The van der Waals surface area contributed by atoms with Gasteiger partial charge in [-0.1, -0.05) is 36.9 Å². The van der Waals surface area contributed by atoms with Gasteiger partial charge in [-0.25, -0.2) is 0 Å². The number of furan rings is 1. The van der Waals surface area contributed by atoms with E-state index in [0.29, 0.717) is 0 Å². The second-order valence-corrected chi connectivity index (χ2v) is 4.20. The summed E-state index contributed by atoms with van der Waals surface area (Å²) in [6.45, 7) is 5.84. The van der Waals surface area contributed by atoms with E-state index in [2.05, 4.69) is 22.5 Å². The summed E-state index contributed by atoms with van der Waals surface area (Å²) in [5, 5.41) is 1.12. The molecule has 0 fully saturated rings. The molecular formula is C13H11BrO. The highest BCUT2D eigenvalue weighted by molar-refractivity contribution is 9.15. The zero-order valence-corrected chi connectivity index (χ0v) is 10.0. The molecule has 0 atom stereocenters. The third-order valence-electron chi connectivity index (χ3n) is 2.21. The van der Waals surface area contributed by atoms with Crippen molar-refractivity contribution in [3.8, 4) is 0 Å². The standard InChI is InChI=1S/C13H11BrO/c1-3-6-11-10-7-4-5-8-12(10)15-13(11)9(2)14/h3-8H,2H2,1H3/b6-3-. The molecule has 1 aromatic heterocycles. The van der Waals surface area contributed by atoms with E-state index < -0.39 is 0 Å². The van der Waals surface area contributed by atoms with E-state index >= 15 is 0 Å². The zero-order chi connectivity index (χ0) is 10.8. The van der Waals surface area contributed by atoms with Gasteiger partial charge in [0.25, 0.3) is 0 Å². The van der Waals surface area contributed by atoms with Crippen molar-refractivity contribution in [3.05, 3.63) is 48.2 Å². The summed E-state index contributed by atoms with van der Waals surface area (Å²) in [6, 6.07) is 7.98. The largest absolute Gasteiger partial charge is 0.455 e. The number of rotatable bonds is 2. The fourth-order valence-corrected chi connectivity index (χ4v) is 1.89. The van der Waals surface area contributed by atoms with Crippen LogP contribution in [0.3, 0.4) is 0 Å². The lowest BCUT2D eigenvalue weighted by Gasteiger charge is -1.93. The molecule has 0 saturated heterocycles. The highest BCUT2D eigenvalue weighted by Crippen LogP contribution is 2.33. The Bertz CT molecular complexity index is 534. The first kappa shape index (κ1) is 10.2. The first-order valence-corrected chi connectivity index (χ1v) is 5.52. The summed E-state index contributed by atoms with van der Waals surface area (Å²) < 4.78 is 6.49. The maximum Gasteiger partial charge on any atom is 0.148 e. The fourth-order valence-electron chi connectivity index (χ4n) is 1.60. The Balaban J connectivity index is 2.80. The number of hydrogen-bond donors (Lipinski definition) is 0. The monoisotopic (exact) mass is 262 g/mol. The van der Waals surface area contributed by atoms with Crippen LogP contribution < -0.4 is 0 Å². The number of hydrogen-bond acceptors (Lipinski definition) is 1. The van der Waals surface area contributed by atoms with Gasteiger partial charge in [0, 0.05) is 10.9 Å². The Morgan fingerprint density at radius 1 is 1.40 bits per heavy atom. The van der Waals surface area contributed by atoms with E-state index in [1.807, 2.05) is 43.3 Å². The molecule has 1 nitrogen and oxygen atoms in total. The van der Waals surface area contributed by atoms with Crippen molar-refractivity contribution in [1.29, 1.82) is 0 Å². The van der Waals surface area contributed by atoms with Crippen LogP contribution in [-0.4, -0.2) is 0 Å². The van der Waals surface area contributed by atoms with E-state index in [4.69, 9.17) is 4.42 Å². The number of benzene rings is 1. The first-order chi connectivity index (χ1) is 7.24. The molecule has 0 unspecified atom stereocenters. The SMILES string of the molecule is C=C(Br)c1oc2ccccc2c1/C=C\C. The van der Waals surface area contributed by atoms with E-state index in [0.717, 1.165) is 26.8 Å². The highest BCUT2D eigenvalue weighted by atomic mass is 79.9. The van der Waals surface area contributed by atoms with Crippen molar-refractivity contribution in [2.75, 3.05) is 0 Å². The van der Waals surface area contributed by atoms with Crippen LogP contribution in [0.25, 0.3) is 21.5 Å². The second-order valence-electron chi connectivity index (χ2n) is 3.25. The van der Waals surface area contributed by atoms with Crippen LogP contribution in [0, 0.1) is 0 Å². The van der Waals surface area contributed by atoms with Crippen LogP contribution in [0.4, 0.5) is 0 Å². The van der Waals surface area contributed by atoms with Crippen LogP contribution in [0.2, 0.25) is 0 Å². The molecular weight excluding hydrogens is 252 g/mol. The molecule has 0 N–H and O–H groups in total. The predicted molar refractivity (Wildman–Crippen MR) is 68.9 cm³/mol. The molecule has 0 aliphatic carbocycles. The molecule has 2 rings (SSSR count). The van der Waals surface area contributed by atoms with Gasteiger partial charge in [0.05, 0.1) is 4.48 Å². The molecule has 0 bridgehead atoms. The summed E-state index contributed by atoms with van der Waals surface area (Å²) in [7, 11) is 0.